The largest absolute Gasteiger partial charge is 0.496 e. The normalized spacial score (nSPS) is 9.00. The van der Waals surface area contributed by atoms with Crippen molar-refractivity contribution >= 4 is 5.69 Å². The first-order valence-corrected chi connectivity index (χ1v) is 3.57. The third-order valence-corrected chi connectivity index (χ3v) is 1.57. The lowest BCUT2D eigenvalue weighted by atomic mass is 10.1. The van der Waals surface area contributed by atoms with Crippen molar-refractivity contribution in [2.24, 2.45) is 0 Å². The van der Waals surface area contributed by atoms with Crippen LogP contribution in [-0.2, 0) is 6.42 Å². The molecular weight excluding hydrogens is 152 g/mol. The van der Waals surface area contributed by atoms with Gasteiger partial charge in [-0.15, -0.1) is 0 Å². The minimum Gasteiger partial charge on any atom is -0.496 e. The van der Waals surface area contributed by atoms with Crippen LogP contribution in [0.1, 0.15) is 5.56 Å². The minimum atomic E-state index is 0.328. The summed E-state index contributed by atoms with van der Waals surface area (Å²) in [5.74, 6) is 0.714. The van der Waals surface area contributed by atoms with E-state index in [4.69, 9.17) is 15.7 Å². The summed E-state index contributed by atoms with van der Waals surface area (Å²) in [4.78, 5) is 0. The van der Waals surface area contributed by atoms with Gasteiger partial charge in [-0.25, -0.2) is 0 Å². The predicted molar refractivity (Wildman–Crippen MR) is 46.7 cm³/mol. The number of methoxy groups -OCH3 is 1. The van der Waals surface area contributed by atoms with Crippen molar-refractivity contribution in [1.29, 1.82) is 5.26 Å². The van der Waals surface area contributed by atoms with Crippen LogP contribution in [0.5, 0.6) is 5.75 Å². The standard InChI is InChI=1S/C9H10N2O/c1-12-9-3-2-8(11)6-7(9)4-5-10/h2-3,6H,4,11H2,1H3. The number of anilines is 1. The molecule has 2 N–H and O–H groups in total. The van der Waals surface area contributed by atoms with E-state index in [0.29, 0.717) is 17.9 Å². The molecule has 1 aromatic rings. The summed E-state index contributed by atoms with van der Waals surface area (Å²) in [6.07, 6.45) is 0.328. The molecule has 3 heteroatoms. The Balaban J connectivity index is 3.05. The first-order chi connectivity index (χ1) is 5.77. The maximum absolute atomic E-state index is 8.48. The average Bonchev–Trinajstić information content (AvgIpc) is 2.05. The molecule has 62 valence electrons. The van der Waals surface area contributed by atoms with Gasteiger partial charge in [-0.05, 0) is 18.2 Å². The third-order valence-electron chi connectivity index (χ3n) is 1.57. The highest BCUT2D eigenvalue weighted by Crippen LogP contribution is 2.20. The lowest BCUT2D eigenvalue weighted by Gasteiger charge is -2.05. The highest BCUT2D eigenvalue weighted by Gasteiger charge is 2.01. The maximum atomic E-state index is 8.48. The third kappa shape index (κ3) is 1.67. The number of hydrogen-bond donors (Lipinski definition) is 1. The van der Waals surface area contributed by atoms with Crippen molar-refractivity contribution in [2.75, 3.05) is 12.8 Å². The first-order valence-electron chi connectivity index (χ1n) is 3.57. The van der Waals surface area contributed by atoms with Gasteiger partial charge in [0, 0.05) is 11.3 Å². The van der Waals surface area contributed by atoms with E-state index < -0.39 is 0 Å². The van der Waals surface area contributed by atoms with Crippen molar-refractivity contribution in [2.45, 2.75) is 6.42 Å². The summed E-state index contributed by atoms with van der Waals surface area (Å²) in [5.41, 5.74) is 7.03. The van der Waals surface area contributed by atoms with Gasteiger partial charge in [0.2, 0.25) is 0 Å². The molecule has 0 saturated heterocycles. The Morgan fingerprint density at radius 2 is 2.33 bits per heavy atom. The van der Waals surface area contributed by atoms with E-state index in [9.17, 15) is 0 Å². The second-order valence-electron chi connectivity index (χ2n) is 2.41. The Kier molecular flexibility index (Phi) is 2.54. The Hall–Kier alpha value is -1.69. The highest BCUT2D eigenvalue weighted by atomic mass is 16.5. The molecule has 1 rings (SSSR count). The van der Waals surface area contributed by atoms with Crippen LogP contribution in [-0.4, -0.2) is 7.11 Å². The van der Waals surface area contributed by atoms with Crippen molar-refractivity contribution in [3.63, 3.8) is 0 Å². The quantitative estimate of drug-likeness (QED) is 0.667. The summed E-state index contributed by atoms with van der Waals surface area (Å²) in [7, 11) is 1.58. The van der Waals surface area contributed by atoms with Gasteiger partial charge in [-0.2, -0.15) is 5.26 Å². The van der Waals surface area contributed by atoms with Crippen LogP contribution in [0.2, 0.25) is 0 Å². The van der Waals surface area contributed by atoms with Crippen LogP contribution < -0.4 is 10.5 Å². The molecular formula is C9H10N2O. The van der Waals surface area contributed by atoms with Crippen LogP contribution in [0.15, 0.2) is 18.2 Å². The summed E-state index contributed by atoms with van der Waals surface area (Å²) in [6, 6.07) is 7.32. The molecule has 0 aromatic heterocycles. The molecule has 12 heavy (non-hydrogen) atoms. The minimum absolute atomic E-state index is 0.328. The van der Waals surface area contributed by atoms with Crippen LogP contribution in [0.3, 0.4) is 0 Å². The van der Waals surface area contributed by atoms with Crippen molar-refractivity contribution in [1.82, 2.24) is 0 Å². The average molecular weight is 162 g/mol. The molecule has 0 unspecified atom stereocenters. The second-order valence-corrected chi connectivity index (χ2v) is 2.41. The molecule has 0 atom stereocenters. The Bertz CT molecular complexity index is 315. The number of ether oxygens (including phenoxy) is 1. The van der Waals surface area contributed by atoms with Crippen molar-refractivity contribution in [3.8, 4) is 11.8 Å². The number of nitrogens with two attached hydrogens (primary N) is 1. The van der Waals surface area contributed by atoms with E-state index in [-0.39, 0.29) is 0 Å². The number of nitriles is 1. The Labute approximate surface area is 71.4 Å². The molecule has 0 spiro atoms. The zero-order valence-corrected chi connectivity index (χ0v) is 6.87. The zero-order valence-electron chi connectivity index (χ0n) is 6.87. The van der Waals surface area contributed by atoms with Gasteiger partial charge in [0.1, 0.15) is 5.75 Å². The molecule has 0 bridgehead atoms. The predicted octanol–water partition coefficient (Wildman–Crippen LogP) is 1.34. The number of hydrogen-bond acceptors (Lipinski definition) is 3. The molecule has 0 heterocycles. The molecule has 1 aromatic carbocycles. The molecule has 0 saturated carbocycles. The summed E-state index contributed by atoms with van der Waals surface area (Å²) >= 11 is 0. The second kappa shape index (κ2) is 3.63. The molecule has 0 fully saturated rings. The van der Waals surface area contributed by atoms with E-state index in [1.54, 1.807) is 25.3 Å². The van der Waals surface area contributed by atoms with Crippen LogP contribution in [0, 0.1) is 11.3 Å². The topological polar surface area (TPSA) is 59.0 Å². The fourth-order valence-corrected chi connectivity index (χ4v) is 1.02. The van der Waals surface area contributed by atoms with E-state index in [2.05, 4.69) is 6.07 Å². The SMILES string of the molecule is COc1ccc(N)cc1CC#N. The number of nitrogen functional groups attached to an aromatic ring is 1. The zero-order chi connectivity index (χ0) is 8.97. The fourth-order valence-electron chi connectivity index (χ4n) is 1.02. The lowest BCUT2D eigenvalue weighted by molar-refractivity contribution is 0.411. The van der Waals surface area contributed by atoms with Gasteiger partial charge in [0.15, 0.2) is 0 Å². The Morgan fingerprint density at radius 1 is 1.58 bits per heavy atom. The molecule has 0 radical (unpaired) electrons. The van der Waals surface area contributed by atoms with Gasteiger partial charge in [-0.1, -0.05) is 0 Å². The van der Waals surface area contributed by atoms with Crippen molar-refractivity contribution < 1.29 is 4.74 Å². The van der Waals surface area contributed by atoms with Crippen LogP contribution >= 0.6 is 0 Å². The van der Waals surface area contributed by atoms with Gasteiger partial charge in [0.25, 0.3) is 0 Å². The molecule has 3 nitrogen and oxygen atoms in total. The number of benzene rings is 1. The lowest BCUT2D eigenvalue weighted by Crippen LogP contribution is -1.93. The summed E-state index contributed by atoms with van der Waals surface area (Å²) in [5, 5.41) is 8.48. The van der Waals surface area contributed by atoms with Gasteiger partial charge < -0.3 is 10.5 Å². The molecule has 0 aliphatic carbocycles. The first kappa shape index (κ1) is 8.41. The van der Waals surface area contributed by atoms with Crippen molar-refractivity contribution in [3.05, 3.63) is 23.8 Å². The molecule has 0 aliphatic heterocycles. The fraction of sp³-hybridized carbons (Fsp3) is 0.222. The monoisotopic (exact) mass is 162 g/mol. The van der Waals surface area contributed by atoms with E-state index >= 15 is 0 Å². The molecule has 0 amide bonds. The van der Waals surface area contributed by atoms with Gasteiger partial charge in [0.05, 0.1) is 19.6 Å². The van der Waals surface area contributed by atoms with Crippen LogP contribution in [0.4, 0.5) is 5.69 Å². The van der Waals surface area contributed by atoms with Gasteiger partial charge in [-0.3, -0.25) is 0 Å². The Morgan fingerprint density at radius 3 is 2.92 bits per heavy atom. The van der Waals surface area contributed by atoms with E-state index in [1.807, 2.05) is 0 Å². The summed E-state index contributed by atoms with van der Waals surface area (Å²) < 4.78 is 5.05. The highest BCUT2D eigenvalue weighted by molar-refractivity contribution is 5.48. The number of nitrogens with zero attached hydrogens (tertiary/aromatic N) is 1. The number of rotatable bonds is 2. The van der Waals surface area contributed by atoms with Gasteiger partial charge >= 0.3 is 0 Å². The van der Waals surface area contributed by atoms with E-state index in [0.717, 1.165) is 5.56 Å². The van der Waals surface area contributed by atoms with E-state index in [1.165, 1.54) is 0 Å². The smallest absolute Gasteiger partial charge is 0.123 e. The maximum Gasteiger partial charge on any atom is 0.123 e. The molecule has 0 aliphatic rings. The van der Waals surface area contributed by atoms with Crippen LogP contribution in [0.25, 0.3) is 0 Å². The summed E-state index contributed by atoms with van der Waals surface area (Å²) in [6.45, 7) is 0.